The molecule has 0 atom stereocenters. The second kappa shape index (κ2) is 6.98. The molecule has 6 heteroatoms. The molecule has 3 nitrogen and oxygen atoms in total. The minimum atomic E-state index is -3.98. The average molecular weight is 325 g/mol. The second-order valence-electron chi connectivity index (χ2n) is 4.89. The second-order valence-corrected chi connectivity index (χ2v) is 6.63. The molecule has 2 aromatic rings. The van der Waals surface area contributed by atoms with Crippen LogP contribution in [-0.2, 0) is 22.9 Å². The predicted octanol–water partition coefficient (Wildman–Crippen LogP) is 3.05. The largest absolute Gasteiger partial charge is 0.243 e. The van der Waals surface area contributed by atoms with Gasteiger partial charge in [0.15, 0.2) is 0 Å². The highest BCUT2D eigenvalue weighted by Crippen LogP contribution is 2.15. The van der Waals surface area contributed by atoms with E-state index < -0.39 is 26.6 Å². The number of aryl methyl sites for hydroxylation is 1. The van der Waals surface area contributed by atoms with Crippen LogP contribution in [0.1, 0.15) is 18.1 Å². The molecule has 0 radical (unpaired) electrons. The molecule has 2 aromatic carbocycles. The van der Waals surface area contributed by atoms with Gasteiger partial charge in [-0.3, -0.25) is 0 Å². The average Bonchev–Trinajstić information content (AvgIpc) is 2.47. The summed E-state index contributed by atoms with van der Waals surface area (Å²) >= 11 is 0. The summed E-state index contributed by atoms with van der Waals surface area (Å²) in [6.45, 7) is 2.20. The van der Waals surface area contributed by atoms with Gasteiger partial charge in [-0.05, 0) is 36.1 Å². The highest BCUT2D eigenvalue weighted by Gasteiger charge is 2.18. The molecule has 1 N–H and O–H groups in total. The van der Waals surface area contributed by atoms with Gasteiger partial charge in [-0.1, -0.05) is 31.2 Å². The van der Waals surface area contributed by atoms with Crippen molar-refractivity contribution in [3.8, 4) is 0 Å². The first-order valence-corrected chi connectivity index (χ1v) is 8.43. The fraction of sp³-hybridized carbons (Fsp3) is 0.250. The van der Waals surface area contributed by atoms with Crippen molar-refractivity contribution in [3.05, 3.63) is 65.2 Å². The summed E-state index contributed by atoms with van der Waals surface area (Å²) in [4.78, 5) is -0.546. The molecule has 0 spiro atoms. The number of benzene rings is 2. The maximum absolute atomic E-state index is 13.5. The van der Waals surface area contributed by atoms with Gasteiger partial charge in [0.1, 0.15) is 16.5 Å². The monoisotopic (exact) mass is 325 g/mol. The summed E-state index contributed by atoms with van der Waals surface area (Å²) in [5.74, 6) is -1.91. The van der Waals surface area contributed by atoms with E-state index in [1.807, 2.05) is 24.3 Å². The maximum Gasteiger partial charge on any atom is 0.243 e. The molecule has 2 rings (SSSR count). The van der Waals surface area contributed by atoms with Crippen molar-refractivity contribution in [2.45, 2.75) is 24.7 Å². The van der Waals surface area contributed by atoms with Crippen molar-refractivity contribution >= 4 is 10.0 Å². The fourth-order valence-electron chi connectivity index (χ4n) is 2.04. The normalized spacial score (nSPS) is 11.6. The van der Waals surface area contributed by atoms with Crippen LogP contribution in [-0.4, -0.2) is 15.0 Å². The van der Waals surface area contributed by atoms with E-state index in [9.17, 15) is 17.2 Å². The predicted molar refractivity (Wildman–Crippen MR) is 81.1 cm³/mol. The van der Waals surface area contributed by atoms with E-state index in [-0.39, 0.29) is 6.54 Å². The molecular weight excluding hydrogens is 308 g/mol. The standard InChI is InChI=1S/C16H17F2NO2S/c1-2-12-3-5-13(6-4-12)9-10-19-22(20,21)16-8-7-14(17)11-15(16)18/h3-8,11,19H,2,9-10H2,1H3. The van der Waals surface area contributed by atoms with Gasteiger partial charge in [-0.15, -0.1) is 0 Å². The van der Waals surface area contributed by atoms with Gasteiger partial charge in [0.25, 0.3) is 0 Å². The number of sulfonamides is 1. The van der Waals surface area contributed by atoms with E-state index in [0.717, 1.165) is 24.1 Å². The fourth-order valence-corrected chi connectivity index (χ4v) is 3.13. The zero-order valence-electron chi connectivity index (χ0n) is 12.1. The van der Waals surface area contributed by atoms with Gasteiger partial charge in [0.05, 0.1) is 0 Å². The Balaban J connectivity index is 2.00. The van der Waals surface area contributed by atoms with Crippen LogP contribution >= 0.6 is 0 Å². The summed E-state index contributed by atoms with van der Waals surface area (Å²) in [5, 5.41) is 0. The minimum absolute atomic E-state index is 0.143. The SMILES string of the molecule is CCc1ccc(CCNS(=O)(=O)c2ccc(F)cc2F)cc1. The molecule has 0 amide bonds. The zero-order valence-corrected chi connectivity index (χ0v) is 13.0. The van der Waals surface area contributed by atoms with Crippen molar-refractivity contribution in [3.63, 3.8) is 0 Å². The summed E-state index contributed by atoms with van der Waals surface area (Å²) in [6.07, 6.45) is 1.43. The summed E-state index contributed by atoms with van der Waals surface area (Å²) < 4.78 is 52.6. The van der Waals surface area contributed by atoms with Crippen LogP contribution in [0.3, 0.4) is 0 Å². The Morgan fingerprint density at radius 1 is 1.00 bits per heavy atom. The highest BCUT2D eigenvalue weighted by molar-refractivity contribution is 7.89. The third-order valence-corrected chi connectivity index (χ3v) is 4.81. The Bertz CT molecular complexity index is 743. The zero-order chi connectivity index (χ0) is 16.2. The van der Waals surface area contributed by atoms with Crippen molar-refractivity contribution in [2.75, 3.05) is 6.54 Å². The first kappa shape index (κ1) is 16.6. The molecule has 0 aliphatic carbocycles. The van der Waals surface area contributed by atoms with Gasteiger partial charge < -0.3 is 0 Å². The van der Waals surface area contributed by atoms with Gasteiger partial charge >= 0.3 is 0 Å². The van der Waals surface area contributed by atoms with E-state index >= 15 is 0 Å². The first-order valence-electron chi connectivity index (χ1n) is 6.95. The molecule has 0 aliphatic rings. The number of nitrogens with one attached hydrogen (secondary N) is 1. The lowest BCUT2D eigenvalue weighted by Gasteiger charge is -2.08. The van der Waals surface area contributed by atoms with Crippen LogP contribution in [0.4, 0.5) is 8.78 Å². The van der Waals surface area contributed by atoms with Gasteiger partial charge in [0.2, 0.25) is 10.0 Å². The third-order valence-electron chi connectivity index (χ3n) is 3.32. The Morgan fingerprint density at radius 2 is 1.64 bits per heavy atom. The first-order chi connectivity index (χ1) is 10.4. The van der Waals surface area contributed by atoms with E-state index in [1.54, 1.807) is 0 Å². The van der Waals surface area contributed by atoms with Crippen LogP contribution < -0.4 is 4.72 Å². The smallest absolute Gasteiger partial charge is 0.211 e. The molecule has 118 valence electrons. The van der Waals surface area contributed by atoms with Gasteiger partial charge in [-0.2, -0.15) is 0 Å². The lowest BCUT2D eigenvalue weighted by atomic mass is 10.1. The third kappa shape index (κ3) is 4.11. The van der Waals surface area contributed by atoms with Crippen LogP contribution in [0, 0.1) is 11.6 Å². The van der Waals surface area contributed by atoms with E-state index in [4.69, 9.17) is 0 Å². The van der Waals surface area contributed by atoms with Gasteiger partial charge in [0, 0.05) is 12.6 Å². The molecule has 0 fully saturated rings. The number of hydrogen-bond acceptors (Lipinski definition) is 2. The van der Waals surface area contributed by atoms with Crippen LogP contribution in [0.5, 0.6) is 0 Å². The molecule has 0 unspecified atom stereocenters. The topological polar surface area (TPSA) is 46.2 Å². The highest BCUT2D eigenvalue weighted by atomic mass is 32.2. The van der Waals surface area contributed by atoms with Crippen molar-refractivity contribution in [1.82, 2.24) is 4.72 Å². The summed E-state index contributed by atoms with van der Waals surface area (Å²) in [6, 6.07) is 10.2. The molecule has 22 heavy (non-hydrogen) atoms. The minimum Gasteiger partial charge on any atom is -0.211 e. The molecular formula is C16H17F2NO2S. The number of hydrogen-bond donors (Lipinski definition) is 1. The number of halogens is 2. The summed E-state index contributed by atoms with van der Waals surface area (Å²) in [7, 11) is -3.98. The molecule has 0 aliphatic heterocycles. The van der Waals surface area contributed by atoms with E-state index in [1.165, 1.54) is 5.56 Å². The van der Waals surface area contributed by atoms with Crippen LogP contribution in [0.25, 0.3) is 0 Å². The Labute approximate surface area is 129 Å². The van der Waals surface area contributed by atoms with E-state index in [2.05, 4.69) is 11.6 Å². The lowest BCUT2D eigenvalue weighted by Crippen LogP contribution is -2.26. The Hall–Kier alpha value is -1.79. The molecule has 0 bridgehead atoms. The maximum atomic E-state index is 13.5. The number of rotatable bonds is 6. The van der Waals surface area contributed by atoms with Crippen LogP contribution in [0.15, 0.2) is 47.4 Å². The van der Waals surface area contributed by atoms with Crippen LogP contribution in [0.2, 0.25) is 0 Å². The molecule has 0 heterocycles. The quantitative estimate of drug-likeness (QED) is 0.887. The molecule has 0 saturated heterocycles. The molecule has 0 saturated carbocycles. The molecule has 0 aromatic heterocycles. The van der Waals surface area contributed by atoms with Gasteiger partial charge in [-0.25, -0.2) is 21.9 Å². The lowest BCUT2D eigenvalue weighted by molar-refractivity contribution is 0.543. The van der Waals surface area contributed by atoms with Crippen molar-refractivity contribution in [1.29, 1.82) is 0 Å². The van der Waals surface area contributed by atoms with Crippen molar-refractivity contribution < 1.29 is 17.2 Å². The Morgan fingerprint density at radius 3 is 2.23 bits per heavy atom. The summed E-state index contributed by atoms with van der Waals surface area (Å²) in [5.41, 5.74) is 2.19. The van der Waals surface area contributed by atoms with E-state index in [0.29, 0.717) is 12.5 Å². The van der Waals surface area contributed by atoms with Crippen molar-refractivity contribution in [2.24, 2.45) is 0 Å². The Kier molecular flexibility index (Phi) is 5.26.